The zero-order chi connectivity index (χ0) is 5.98. The Labute approximate surface area is 71.6 Å². The van der Waals surface area contributed by atoms with Crippen LogP contribution in [0.5, 0.6) is 0 Å². The zero-order valence-corrected chi connectivity index (χ0v) is 6.11. The highest BCUT2D eigenvalue weighted by molar-refractivity contribution is 5.75. The van der Waals surface area contributed by atoms with Crippen molar-refractivity contribution >= 4 is 14.1 Å². The Morgan fingerprint density at radius 1 is 1.00 bits per heavy atom. The topological polar surface area (TPSA) is 26.0 Å². The second-order valence-corrected chi connectivity index (χ2v) is 1.86. The summed E-state index contributed by atoms with van der Waals surface area (Å²) in [4.78, 5) is 0. The maximum Gasteiger partial charge on any atom is 0.0814 e. The first kappa shape index (κ1) is 22.4. The monoisotopic (exact) mass is 181 g/mol. The van der Waals surface area contributed by atoms with Gasteiger partial charge in [0.1, 0.15) is 0 Å². The van der Waals surface area contributed by atoms with E-state index in [0.717, 1.165) is 11.3 Å². The summed E-state index contributed by atoms with van der Waals surface area (Å²) in [6.07, 6.45) is 0. The summed E-state index contributed by atoms with van der Waals surface area (Å²) in [6, 6.07) is 7.80. The lowest BCUT2D eigenvalue weighted by Crippen LogP contribution is -1.85. The van der Waals surface area contributed by atoms with Gasteiger partial charge in [0, 0.05) is 5.69 Å². The number of rotatable bonds is 0. The van der Waals surface area contributed by atoms with Crippen LogP contribution >= 0.6 is 0 Å². The number of nitrogen functional groups attached to an aromatic ring is 1. The highest BCUT2D eigenvalue weighted by atomic mass is 19.0. The van der Waals surface area contributed by atoms with Crippen molar-refractivity contribution in [2.24, 2.45) is 0 Å². The molecule has 0 aliphatic carbocycles. The van der Waals surface area contributed by atoms with Gasteiger partial charge in [0.15, 0.2) is 0 Å². The SMILES string of the molecule is B.Cc1ccccc1N.F.F.F. The highest BCUT2D eigenvalue weighted by Crippen LogP contribution is 2.06. The Morgan fingerprint density at radius 2 is 1.42 bits per heavy atom. The number of anilines is 1. The predicted octanol–water partition coefficient (Wildman–Crippen LogP) is 0.851. The molecule has 0 heterocycles. The lowest BCUT2D eigenvalue weighted by atomic mass is 10.2. The smallest absolute Gasteiger partial charge is 0.0814 e. The van der Waals surface area contributed by atoms with E-state index in [9.17, 15) is 0 Å². The van der Waals surface area contributed by atoms with Crippen molar-refractivity contribution in [1.82, 2.24) is 0 Å². The van der Waals surface area contributed by atoms with Crippen LogP contribution in [0.4, 0.5) is 19.8 Å². The molecule has 72 valence electrons. The molecule has 5 heteroatoms. The van der Waals surface area contributed by atoms with Gasteiger partial charge >= 0.3 is 0 Å². The summed E-state index contributed by atoms with van der Waals surface area (Å²) in [5.41, 5.74) is 7.53. The minimum atomic E-state index is 0. The number of halogens is 3. The van der Waals surface area contributed by atoms with Gasteiger partial charge in [0.2, 0.25) is 0 Å². The van der Waals surface area contributed by atoms with E-state index in [1.807, 2.05) is 31.2 Å². The Bertz CT molecular complexity index is 175. The van der Waals surface area contributed by atoms with Gasteiger partial charge in [0.05, 0.1) is 8.41 Å². The molecule has 12 heavy (non-hydrogen) atoms. The molecule has 0 atom stereocenters. The number of aryl methyl sites for hydroxylation is 1. The second-order valence-electron chi connectivity index (χ2n) is 1.86. The highest BCUT2D eigenvalue weighted by Gasteiger charge is 1.84. The fourth-order valence-corrected chi connectivity index (χ4v) is 0.587. The van der Waals surface area contributed by atoms with Gasteiger partial charge in [-0.3, -0.25) is 14.1 Å². The summed E-state index contributed by atoms with van der Waals surface area (Å²) in [7, 11) is 0. The molecule has 0 fully saturated rings. The number of para-hydroxylation sites is 1. The fourth-order valence-electron chi connectivity index (χ4n) is 0.587. The van der Waals surface area contributed by atoms with Crippen LogP contribution < -0.4 is 5.73 Å². The third-order valence-electron chi connectivity index (χ3n) is 1.19. The van der Waals surface area contributed by atoms with E-state index in [2.05, 4.69) is 0 Å². The average molecular weight is 181 g/mol. The van der Waals surface area contributed by atoms with Crippen molar-refractivity contribution in [1.29, 1.82) is 0 Å². The molecule has 0 unspecified atom stereocenters. The van der Waals surface area contributed by atoms with E-state index < -0.39 is 0 Å². The molecule has 0 aromatic heterocycles. The lowest BCUT2D eigenvalue weighted by Gasteiger charge is -1.93. The van der Waals surface area contributed by atoms with Crippen LogP contribution in [0.3, 0.4) is 0 Å². The van der Waals surface area contributed by atoms with E-state index in [4.69, 9.17) is 5.73 Å². The standard InChI is InChI=1S/C7H9N.BH3.3FH/c1-6-4-2-3-5-7(6)8;;;;/h2-5H,8H2,1H3;1H3;3*1H. The molecule has 0 radical (unpaired) electrons. The van der Waals surface area contributed by atoms with E-state index in [1.165, 1.54) is 0 Å². The zero-order valence-electron chi connectivity index (χ0n) is 6.11. The summed E-state index contributed by atoms with van der Waals surface area (Å²) in [6.45, 7) is 2.00. The van der Waals surface area contributed by atoms with E-state index in [0.29, 0.717) is 0 Å². The molecule has 0 saturated carbocycles. The Kier molecular flexibility index (Phi) is 18.5. The fraction of sp³-hybridized carbons (Fsp3) is 0.143. The van der Waals surface area contributed by atoms with Gasteiger partial charge in [-0.05, 0) is 18.6 Å². The van der Waals surface area contributed by atoms with Crippen molar-refractivity contribution in [3.05, 3.63) is 29.8 Å². The molecule has 1 rings (SSSR count). The molecular weight excluding hydrogens is 166 g/mol. The van der Waals surface area contributed by atoms with Crippen LogP contribution in [-0.2, 0) is 0 Å². The summed E-state index contributed by atoms with van der Waals surface area (Å²) >= 11 is 0. The van der Waals surface area contributed by atoms with E-state index >= 15 is 0 Å². The van der Waals surface area contributed by atoms with Crippen molar-refractivity contribution in [2.75, 3.05) is 5.73 Å². The molecule has 0 spiro atoms. The number of benzene rings is 1. The van der Waals surface area contributed by atoms with Crippen LogP contribution in [0.15, 0.2) is 24.3 Å². The molecule has 2 N–H and O–H groups in total. The molecule has 1 aromatic rings. The van der Waals surface area contributed by atoms with E-state index in [-0.39, 0.29) is 22.5 Å². The second kappa shape index (κ2) is 9.87. The Morgan fingerprint density at radius 3 is 1.67 bits per heavy atom. The molecule has 0 saturated heterocycles. The van der Waals surface area contributed by atoms with Gasteiger partial charge in [-0.1, -0.05) is 18.2 Å². The van der Waals surface area contributed by atoms with Crippen LogP contribution in [0, 0.1) is 6.92 Å². The van der Waals surface area contributed by atoms with Gasteiger partial charge in [-0.15, -0.1) is 0 Å². The van der Waals surface area contributed by atoms with Crippen molar-refractivity contribution in [2.45, 2.75) is 6.92 Å². The van der Waals surface area contributed by atoms with Crippen LogP contribution in [0.25, 0.3) is 0 Å². The Balaban J connectivity index is -0.0000000800. The quantitative estimate of drug-likeness (QED) is 0.466. The molecule has 0 aliphatic rings. The van der Waals surface area contributed by atoms with E-state index in [1.54, 1.807) is 0 Å². The number of hydrogen-bond acceptors (Lipinski definition) is 1. The van der Waals surface area contributed by atoms with Gasteiger partial charge in [0.25, 0.3) is 0 Å². The molecule has 0 bridgehead atoms. The average Bonchev–Trinajstić information content (AvgIpc) is 1.77. The number of hydrogen-bond donors (Lipinski definition) is 1. The summed E-state index contributed by atoms with van der Waals surface area (Å²) in [5, 5.41) is 0. The third kappa shape index (κ3) is 5.64. The van der Waals surface area contributed by atoms with Crippen molar-refractivity contribution in [3.8, 4) is 0 Å². The minimum Gasteiger partial charge on any atom is -0.399 e. The van der Waals surface area contributed by atoms with Crippen molar-refractivity contribution < 1.29 is 14.1 Å². The van der Waals surface area contributed by atoms with Gasteiger partial charge in [-0.25, -0.2) is 0 Å². The summed E-state index contributed by atoms with van der Waals surface area (Å²) < 4.78 is 0. The Hall–Kier alpha value is -1.13. The lowest BCUT2D eigenvalue weighted by molar-refractivity contribution is 1.11. The maximum atomic E-state index is 5.52. The van der Waals surface area contributed by atoms with Gasteiger partial charge in [-0.2, -0.15) is 0 Å². The third-order valence-corrected chi connectivity index (χ3v) is 1.19. The first-order valence-corrected chi connectivity index (χ1v) is 2.62. The van der Waals surface area contributed by atoms with Crippen LogP contribution in [0.2, 0.25) is 0 Å². The van der Waals surface area contributed by atoms with Crippen LogP contribution in [-0.4, -0.2) is 8.41 Å². The molecule has 0 amide bonds. The van der Waals surface area contributed by atoms with Crippen LogP contribution in [0.1, 0.15) is 5.56 Å². The molecule has 0 aliphatic heterocycles. The molecule has 1 nitrogen and oxygen atoms in total. The first-order chi connectivity index (χ1) is 3.80. The minimum absolute atomic E-state index is 0. The predicted molar refractivity (Wildman–Crippen MR) is 53.0 cm³/mol. The summed E-state index contributed by atoms with van der Waals surface area (Å²) in [5.74, 6) is 0. The largest absolute Gasteiger partial charge is 0.399 e. The maximum absolute atomic E-state index is 5.52. The van der Waals surface area contributed by atoms with Crippen molar-refractivity contribution in [3.63, 3.8) is 0 Å². The molecular formula is C7H15BF3N. The van der Waals surface area contributed by atoms with Gasteiger partial charge < -0.3 is 5.73 Å². The number of nitrogens with two attached hydrogens (primary N) is 1. The molecule has 1 aromatic carbocycles. The first-order valence-electron chi connectivity index (χ1n) is 2.62. The normalized spacial score (nSPS) is 6.08.